The van der Waals surface area contributed by atoms with Crippen LogP contribution in [0.1, 0.15) is 556 Å². The maximum absolute atomic E-state index is 12.6. The van der Waals surface area contributed by atoms with Crippen molar-refractivity contribution in [2.24, 2.45) is 71.0 Å². The molecule has 1 N–H and O–H groups in total. The van der Waals surface area contributed by atoms with Gasteiger partial charge < -0.3 is 28.8 Å². The number of hydrogen-bond acceptors (Lipinski definition) is 6. The molecule has 0 amide bonds. The van der Waals surface area contributed by atoms with Gasteiger partial charge in [0.05, 0.1) is 59.0 Å². The first-order valence-electron chi connectivity index (χ1n) is 52.5. The second-order valence-corrected chi connectivity index (χ2v) is 44.3. The summed E-state index contributed by atoms with van der Waals surface area (Å²) in [6.07, 6.45) is 83.5. The van der Waals surface area contributed by atoms with E-state index in [2.05, 4.69) is 145 Å². The summed E-state index contributed by atoms with van der Waals surface area (Å²) < 4.78 is 37.1. The van der Waals surface area contributed by atoms with E-state index in [1.165, 1.54) is 334 Å². The molecule has 0 aromatic carbocycles. The van der Waals surface area contributed by atoms with E-state index in [-0.39, 0.29) is 24.4 Å². The lowest BCUT2D eigenvalue weighted by atomic mass is 9.78. The average molecular weight is 1610 g/mol. The highest BCUT2D eigenvalue weighted by Crippen LogP contribution is 2.48. The molecule has 0 aromatic heterocycles. The average Bonchev–Trinajstić information content (AvgIpc) is 1.26. The minimum absolute atomic E-state index is 0.0456. The monoisotopic (exact) mass is 1610 g/mol. The van der Waals surface area contributed by atoms with Crippen LogP contribution in [0.2, 0.25) is 0 Å². The first-order chi connectivity index (χ1) is 54.5. The van der Waals surface area contributed by atoms with Crippen molar-refractivity contribution in [3.63, 3.8) is 0 Å². The van der Waals surface area contributed by atoms with Gasteiger partial charge in [-0.15, -0.1) is 0 Å². The largest absolute Gasteiger partial charge is 0.387 e. The van der Waals surface area contributed by atoms with Gasteiger partial charge in [0.25, 0.3) is 0 Å². The molecule has 3 fully saturated rings. The predicted octanol–water partition coefficient (Wildman–Crippen LogP) is 35.0. The van der Waals surface area contributed by atoms with Crippen molar-refractivity contribution in [2.75, 3.05) is 6.61 Å². The van der Waals surface area contributed by atoms with Crippen molar-refractivity contribution in [1.29, 1.82) is 0 Å². The first-order valence-corrected chi connectivity index (χ1v) is 52.5. The minimum atomic E-state index is -0.874. The Hall–Kier alpha value is -0.240. The molecule has 0 aromatic rings. The van der Waals surface area contributed by atoms with Crippen LogP contribution in [0.3, 0.4) is 0 Å². The molecule has 0 bridgehead atoms. The van der Waals surface area contributed by atoms with Gasteiger partial charge >= 0.3 is 0 Å². The third kappa shape index (κ3) is 53.1. The Morgan fingerprint density at radius 2 is 0.588 bits per heavy atom. The number of hydrogen-bond donors (Lipinski definition) is 1. The molecule has 114 heavy (non-hydrogen) atoms. The van der Waals surface area contributed by atoms with E-state index < -0.39 is 22.4 Å². The van der Waals surface area contributed by atoms with Crippen molar-refractivity contribution in [2.45, 2.75) is 615 Å². The molecule has 0 radical (unpaired) electrons. The van der Waals surface area contributed by atoms with Gasteiger partial charge in [-0.2, -0.15) is 0 Å². The lowest BCUT2D eigenvalue weighted by Crippen LogP contribution is -2.60. The highest BCUT2D eigenvalue weighted by Gasteiger charge is 2.54. The summed E-state index contributed by atoms with van der Waals surface area (Å²) in [4.78, 5) is 0. The standard InChI is InChI=1S/C108H212O6/c1-22-23-24-25-38-41-76-99-100(111-99)77-42-39-36-34-32-30-28-26-27-29-31-33-35-37-40-43-86-110-102-79-81-104(113-106(102,19)83-53-73-96(15)69-49-65-92(11)61-45-57-88(4)5)108(21,85-55-75-98(17)71-51-67-94(13)63-47-59-90(8)9)114-107(20,84-54-74-97(16)70-50-66-93(12)62-46-58-89(6)7)103-80-78-101(112-103)105(18,109)82-52-72-95(14)68-48-64-91(10)60-44-56-87(2)3/h87-104,109H,22-86H2,1-21H3/t91-,92-,93-,94-,95-,96-,97-,98-,99-,100-,101-,102-,103-,104+,105+,106+,107-,108+/m1/s1. The van der Waals surface area contributed by atoms with Gasteiger partial charge in [-0.25, -0.2) is 0 Å². The number of rotatable bonds is 80. The van der Waals surface area contributed by atoms with Gasteiger partial charge in [0.2, 0.25) is 0 Å². The maximum atomic E-state index is 12.6. The minimum Gasteiger partial charge on any atom is -0.387 e. The van der Waals surface area contributed by atoms with E-state index in [9.17, 15) is 5.11 Å². The normalized spacial score (nSPS) is 23.3. The van der Waals surface area contributed by atoms with Gasteiger partial charge in [-0.05, 0) is 169 Å². The highest BCUT2D eigenvalue weighted by atomic mass is 16.6. The van der Waals surface area contributed by atoms with Crippen molar-refractivity contribution < 1.29 is 28.8 Å². The van der Waals surface area contributed by atoms with E-state index in [1.807, 2.05) is 0 Å². The van der Waals surface area contributed by atoms with Gasteiger partial charge in [-0.3, -0.25) is 0 Å². The van der Waals surface area contributed by atoms with Crippen LogP contribution in [0.4, 0.5) is 0 Å². The van der Waals surface area contributed by atoms with Crippen LogP contribution in [0, 0.1) is 71.0 Å². The van der Waals surface area contributed by atoms with E-state index in [0.29, 0.717) is 35.9 Å². The van der Waals surface area contributed by atoms with Gasteiger partial charge in [0, 0.05) is 6.61 Å². The molecule has 3 heterocycles. The Labute approximate surface area is 717 Å². The lowest BCUT2D eigenvalue weighted by Gasteiger charge is -2.53. The Balaban J connectivity index is 1.78. The van der Waals surface area contributed by atoms with E-state index in [1.54, 1.807) is 0 Å². The topological polar surface area (TPSA) is 69.7 Å². The SMILES string of the molecule is CCCCCCCC[C@H]1O[C@@H]1CCCCCCCCCCCCCCCCCCO[C@@H]1CC[C@@H]([C@](C)(CCC[C@H](C)CCC[C@H](C)CCCC(C)C)O[C@](C)(CCC[C@H](C)CCC[C@H](C)CCCC(C)C)[C@H]2CC[C@H]([C@@](C)(O)CCC[C@H](C)CCC[C@H](C)CCCC(C)C)O2)O[C@@]1(C)CCC[C@H](C)CCC[C@H](C)CCCC(C)C. The van der Waals surface area contributed by atoms with E-state index in [4.69, 9.17) is 23.7 Å². The fraction of sp³-hybridized carbons (Fsp3) is 1.00. The summed E-state index contributed by atoms with van der Waals surface area (Å²) in [5, 5.41) is 12.6. The fourth-order valence-corrected chi connectivity index (χ4v) is 20.9. The highest BCUT2D eigenvalue weighted by molar-refractivity contribution is 5.02. The Kier molecular flexibility index (Phi) is 61.1. The van der Waals surface area contributed by atoms with E-state index in [0.717, 1.165) is 131 Å². The van der Waals surface area contributed by atoms with Crippen LogP contribution in [0.15, 0.2) is 0 Å². The Morgan fingerprint density at radius 1 is 0.307 bits per heavy atom. The quantitative estimate of drug-likeness (QED) is 0.0483. The molecule has 6 heteroatoms. The predicted molar refractivity (Wildman–Crippen MR) is 503 cm³/mol. The number of epoxide rings is 1. The molecule has 0 saturated carbocycles. The van der Waals surface area contributed by atoms with Gasteiger partial charge in [0.15, 0.2) is 0 Å². The van der Waals surface area contributed by atoms with Crippen LogP contribution in [-0.2, 0) is 23.7 Å². The summed E-state index contributed by atoms with van der Waals surface area (Å²) in [6.45, 7) is 51.8. The fourth-order valence-electron chi connectivity index (χ4n) is 20.9. The zero-order chi connectivity index (χ0) is 83.9. The van der Waals surface area contributed by atoms with Crippen molar-refractivity contribution >= 4 is 0 Å². The third-order valence-corrected chi connectivity index (χ3v) is 29.5. The molecule has 3 rings (SSSR count). The van der Waals surface area contributed by atoms with Gasteiger partial charge in [0.1, 0.15) is 0 Å². The molecular formula is C108H212O6. The Morgan fingerprint density at radius 3 is 0.939 bits per heavy atom. The summed E-state index contributed by atoms with van der Waals surface area (Å²) >= 11 is 0. The Bertz CT molecular complexity index is 2160. The van der Waals surface area contributed by atoms with E-state index >= 15 is 0 Å². The molecule has 3 saturated heterocycles. The first kappa shape index (κ1) is 108. The zero-order valence-corrected chi connectivity index (χ0v) is 81.8. The van der Waals surface area contributed by atoms with Crippen molar-refractivity contribution in [3.8, 4) is 0 Å². The number of unbranched alkanes of at least 4 members (excludes halogenated alkanes) is 20. The van der Waals surface area contributed by atoms with Crippen LogP contribution < -0.4 is 0 Å². The number of aliphatic hydroxyl groups is 1. The molecule has 680 valence electrons. The zero-order valence-electron chi connectivity index (χ0n) is 81.8. The molecular weight excluding hydrogens is 1390 g/mol. The summed E-state index contributed by atoms with van der Waals surface area (Å²) in [5.41, 5.74) is -2.31. The molecule has 0 unspecified atom stereocenters. The summed E-state index contributed by atoms with van der Waals surface area (Å²) in [5.74, 6) is 9.28. The number of ether oxygens (including phenoxy) is 5. The van der Waals surface area contributed by atoms with Crippen LogP contribution >= 0.6 is 0 Å². The second-order valence-electron chi connectivity index (χ2n) is 44.3. The third-order valence-electron chi connectivity index (χ3n) is 29.5. The molecule has 0 spiro atoms. The smallest absolute Gasteiger partial charge is 0.0924 e. The maximum Gasteiger partial charge on any atom is 0.0924 e. The van der Waals surface area contributed by atoms with Crippen molar-refractivity contribution in [3.05, 3.63) is 0 Å². The summed E-state index contributed by atoms with van der Waals surface area (Å²) in [6, 6.07) is 0. The lowest BCUT2D eigenvalue weighted by molar-refractivity contribution is -0.287. The molecule has 3 aliphatic rings. The van der Waals surface area contributed by atoms with Crippen molar-refractivity contribution in [1.82, 2.24) is 0 Å². The molecule has 3 aliphatic heterocycles. The molecule has 0 aliphatic carbocycles. The molecule has 6 nitrogen and oxygen atoms in total. The van der Waals surface area contributed by atoms with Crippen LogP contribution in [-0.4, -0.2) is 70.7 Å². The van der Waals surface area contributed by atoms with Crippen LogP contribution in [0.25, 0.3) is 0 Å². The second kappa shape index (κ2) is 64.5. The summed E-state index contributed by atoms with van der Waals surface area (Å²) in [7, 11) is 0. The van der Waals surface area contributed by atoms with Gasteiger partial charge in [-0.1, -0.05) is 458 Å². The van der Waals surface area contributed by atoms with Crippen LogP contribution in [0.5, 0.6) is 0 Å². The molecule has 18 atom stereocenters.